The van der Waals surface area contributed by atoms with Gasteiger partial charge < -0.3 is 11.1 Å². The zero-order chi connectivity index (χ0) is 16.0. The number of H-pyrrole nitrogens is 1. The molecule has 2 aromatic rings. The fourth-order valence-electron chi connectivity index (χ4n) is 3.95. The number of aromatic amines is 1. The molecule has 1 saturated carbocycles. The first-order chi connectivity index (χ1) is 11.1. The number of carbonyl (C=O) groups is 2. The number of primary amides is 1. The van der Waals surface area contributed by atoms with Gasteiger partial charge in [0.05, 0.1) is 6.20 Å². The number of nitrogens with one attached hydrogen (secondary N) is 2. The van der Waals surface area contributed by atoms with E-state index in [0.29, 0.717) is 0 Å². The molecule has 2 aliphatic carbocycles. The van der Waals surface area contributed by atoms with Gasteiger partial charge in [0.25, 0.3) is 5.91 Å². The molecule has 0 saturated heterocycles. The molecule has 2 atom stereocenters. The van der Waals surface area contributed by atoms with E-state index in [0.717, 1.165) is 25.7 Å². The van der Waals surface area contributed by atoms with Crippen LogP contribution < -0.4 is 11.1 Å². The second-order valence-corrected chi connectivity index (χ2v) is 6.44. The van der Waals surface area contributed by atoms with Gasteiger partial charge in [-0.2, -0.15) is 5.10 Å². The van der Waals surface area contributed by atoms with Crippen molar-refractivity contribution in [3.05, 3.63) is 47.2 Å². The van der Waals surface area contributed by atoms with E-state index in [2.05, 4.69) is 33.7 Å². The number of nitrogens with two attached hydrogens (primary N) is 1. The van der Waals surface area contributed by atoms with Crippen LogP contribution in [-0.2, 0) is 16.6 Å². The molecule has 1 fully saturated rings. The molecule has 0 unspecified atom stereocenters. The fraction of sp³-hybridized carbons (Fsp3) is 0.353. The van der Waals surface area contributed by atoms with Crippen molar-refractivity contribution in [1.29, 1.82) is 0 Å². The zero-order valence-electron chi connectivity index (χ0n) is 12.6. The van der Waals surface area contributed by atoms with E-state index in [1.54, 1.807) is 0 Å². The van der Waals surface area contributed by atoms with E-state index in [9.17, 15) is 9.59 Å². The molecular formula is C17H18N4O2. The molecule has 1 aromatic carbocycles. The molecule has 4 rings (SSSR count). The molecule has 1 spiro atoms. The summed E-state index contributed by atoms with van der Waals surface area (Å²) in [4.78, 5) is 23.9. The number of anilines is 1. The Hall–Kier alpha value is -2.63. The average Bonchev–Trinajstić information content (AvgIpc) is 3.06. The third kappa shape index (κ3) is 2.13. The lowest BCUT2D eigenvalue weighted by Crippen LogP contribution is -2.25. The Morgan fingerprint density at radius 1 is 1.35 bits per heavy atom. The van der Waals surface area contributed by atoms with E-state index in [-0.39, 0.29) is 28.6 Å². The lowest BCUT2D eigenvalue weighted by atomic mass is 9.78. The molecule has 6 heteroatoms. The van der Waals surface area contributed by atoms with Crippen molar-refractivity contribution >= 4 is 17.6 Å². The lowest BCUT2D eigenvalue weighted by Gasteiger charge is -2.26. The highest BCUT2D eigenvalue weighted by Gasteiger charge is 2.60. The van der Waals surface area contributed by atoms with Crippen molar-refractivity contribution in [2.24, 2.45) is 11.7 Å². The Labute approximate surface area is 133 Å². The molecule has 0 bridgehead atoms. The van der Waals surface area contributed by atoms with Crippen molar-refractivity contribution in [2.75, 3.05) is 5.32 Å². The predicted octanol–water partition coefficient (Wildman–Crippen LogP) is 1.74. The number of hydrogen-bond acceptors (Lipinski definition) is 3. The minimum atomic E-state index is -0.609. The first-order valence-electron chi connectivity index (χ1n) is 7.84. The van der Waals surface area contributed by atoms with Crippen molar-refractivity contribution in [3.63, 3.8) is 0 Å². The first-order valence-corrected chi connectivity index (χ1v) is 7.84. The SMILES string of the molecule is NC(=O)c1cn[nH]c1NC(=O)[C@@H]1C[C@]12CCCc1ccccc12. The van der Waals surface area contributed by atoms with E-state index in [4.69, 9.17) is 5.73 Å². The van der Waals surface area contributed by atoms with Crippen molar-refractivity contribution < 1.29 is 9.59 Å². The Balaban J connectivity index is 1.57. The smallest absolute Gasteiger partial charge is 0.254 e. The van der Waals surface area contributed by atoms with Gasteiger partial charge in [-0.05, 0) is 36.8 Å². The molecule has 0 radical (unpaired) electrons. The van der Waals surface area contributed by atoms with Gasteiger partial charge in [0.15, 0.2) is 0 Å². The van der Waals surface area contributed by atoms with Gasteiger partial charge in [0.2, 0.25) is 5.91 Å². The van der Waals surface area contributed by atoms with Crippen LogP contribution >= 0.6 is 0 Å². The molecule has 1 aromatic heterocycles. The summed E-state index contributed by atoms with van der Waals surface area (Å²) in [5.41, 5.74) is 8.11. The summed E-state index contributed by atoms with van der Waals surface area (Å²) in [6.45, 7) is 0. The van der Waals surface area contributed by atoms with Crippen molar-refractivity contribution in [2.45, 2.75) is 31.1 Å². The Morgan fingerprint density at radius 2 is 2.17 bits per heavy atom. The summed E-state index contributed by atoms with van der Waals surface area (Å²) in [6, 6.07) is 8.40. The van der Waals surface area contributed by atoms with Crippen molar-refractivity contribution in [1.82, 2.24) is 10.2 Å². The molecule has 23 heavy (non-hydrogen) atoms. The number of aromatic nitrogens is 2. The van der Waals surface area contributed by atoms with Crippen LogP contribution in [0.1, 0.15) is 40.7 Å². The minimum Gasteiger partial charge on any atom is -0.365 e. The highest BCUT2D eigenvalue weighted by molar-refractivity contribution is 6.03. The van der Waals surface area contributed by atoms with Crippen molar-refractivity contribution in [3.8, 4) is 0 Å². The number of amides is 2. The number of fused-ring (bicyclic) bond motifs is 2. The van der Waals surface area contributed by atoms with Crippen LogP contribution in [0, 0.1) is 5.92 Å². The maximum Gasteiger partial charge on any atom is 0.254 e. The van der Waals surface area contributed by atoms with E-state index in [1.807, 2.05) is 6.07 Å². The zero-order valence-corrected chi connectivity index (χ0v) is 12.6. The lowest BCUT2D eigenvalue weighted by molar-refractivity contribution is -0.117. The second kappa shape index (κ2) is 4.94. The maximum atomic E-state index is 12.6. The summed E-state index contributed by atoms with van der Waals surface area (Å²) in [7, 11) is 0. The van der Waals surface area contributed by atoms with Crippen LogP contribution in [-0.4, -0.2) is 22.0 Å². The van der Waals surface area contributed by atoms with Gasteiger partial charge in [-0.15, -0.1) is 0 Å². The summed E-state index contributed by atoms with van der Waals surface area (Å²) >= 11 is 0. The normalized spacial score (nSPS) is 25.0. The molecule has 0 aliphatic heterocycles. The summed E-state index contributed by atoms with van der Waals surface area (Å²) < 4.78 is 0. The average molecular weight is 310 g/mol. The summed E-state index contributed by atoms with van der Waals surface area (Å²) in [6.07, 6.45) is 5.41. The van der Waals surface area contributed by atoms with Crippen LogP contribution in [0.3, 0.4) is 0 Å². The molecule has 2 aliphatic rings. The van der Waals surface area contributed by atoms with Crippen LogP contribution in [0.5, 0.6) is 0 Å². The molecule has 2 amide bonds. The maximum absolute atomic E-state index is 12.6. The van der Waals surface area contributed by atoms with Gasteiger partial charge in [-0.25, -0.2) is 0 Å². The largest absolute Gasteiger partial charge is 0.365 e. The van der Waals surface area contributed by atoms with Gasteiger partial charge in [0, 0.05) is 11.3 Å². The van der Waals surface area contributed by atoms with Crippen LogP contribution in [0.25, 0.3) is 0 Å². The van der Waals surface area contributed by atoms with E-state index >= 15 is 0 Å². The topological polar surface area (TPSA) is 101 Å². The molecule has 6 nitrogen and oxygen atoms in total. The first kappa shape index (κ1) is 14.0. The minimum absolute atomic E-state index is 0.0359. The predicted molar refractivity (Wildman–Crippen MR) is 84.9 cm³/mol. The number of rotatable bonds is 3. The highest BCUT2D eigenvalue weighted by atomic mass is 16.2. The fourth-order valence-corrected chi connectivity index (χ4v) is 3.95. The Bertz CT molecular complexity index is 797. The van der Waals surface area contributed by atoms with Gasteiger partial charge in [-0.1, -0.05) is 24.3 Å². The third-order valence-corrected chi connectivity index (χ3v) is 5.17. The standard InChI is InChI=1S/C17H18N4O2/c18-14(22)11-9-19-21-15(11)20-16(23)13-8-17(13)7-3-5-10-4-1-2-6-12(10)17/h1-2,4,6,9,13H,3,5,7-8H2,(H2,18,22)(H2,19,20,21,23)/t13-,17-/m0/s1. The quantitative estimate of drug-likeness (QED) is 0.805. The number of benzene rings is 1. The molecule has 118 valence electrons. The molecular weight excluding hydrogens is 292 g/mol. The van der Waals surface area contributed by atoms with Gasteiger partial charge >= 0.3 is 0 Å². The molecule has 1 heterocycles. The third-order valence-electron chi connectivity index (χ3n) is 5.17. The van der Waals surface area contributed by atoms with Gasteiger partial charge in [-0.3, -0.25) is 14.7 Å². The number of aryl methyl sites for hydroxylation is 1. The Morgan fingerprint density at radius 3 is 3.00 bits per heavy atom. The monoisotopic (exact) mass is 310 g/mol. The number of hydrogen-bond donors (Lipinski definition) is 3. The highest BCUT2D eigenvalue weighted by Crippen LogP contribution is 2.60. The second-order valence-electron chi connectivity index (χ2n) is 6.44. The Kier molecular flexibility index (Phi) is 3.01. The van der Waals surface area contributed by atoms with Crippen LogP contribution in [0.15, 0.2) is 30.5 Å². The van der Waals surface area contributed by atoms with Crippen LogP contribution in [0.2, 0.25) is 0 Å². The van der Waals surface area contributed by atoms with E-state index < -0.39 is 5.91 Å². The number of nitrogens with zero attached hydrogens (tertiary/aromatic N) is 1. The number of carbonyl (C=O) groups excluding carboxylic acids is 2. The van der Waals surface area contributed by atoms with E-state index in [1.165, 1.54) is 17.3 Å². The molecule has 4 N–H and O–H groups in total. The van der Waals surface area contributed by atoms with Gasteiger partial charge in [0.1, 0.15) is 11.4 Å². The summed E-state index contributed by atoms with van der Waals surface area (Å²) in [5, 5.41) is 9.18. The summed E-state index contributed by atoms with van der Waals surface area (Å²) in [5.74, 6) is -0.461. The van der Waals surface area contributed by atoms with Crippen LogP contribution in [0.4, 0.5) is 5.82 Å².